The number of rotatable bonds is 8. The topological polar surface area (TPSA) is 130 Å². The highest BCUT2D eigenvalue weighted by Gasteiger charge is 2.33. The van der Waals surface area contributed by atoms with Gasteiger partial charge in [-0.3, -0.25) is 14.1 Å². The van der Waals surface area contributed by atoms with Crippen molar-refractivity contribution >= 4 is 42.6 Å². The van der Waals surface area contributed by atoms with Crippen LogP contribution in [0.1, 0.15) is 45.8 Å². The van der Waals surface area contributed by atoms with E-state index < -0.39 is 20.0 Å². The van der Waals surface area contributed by atoms with E-state index in [4.69, 9.17) is 4.42 Å². The third-order valence-electron chi connectivity index (χ3n) is 7.76. The Balaban J connectivity index is 1.64. The molecule has 10 nitrogen and oxygen atoms in total. The average molecular weight is 611 g/mol. The Bertz CT molecular complexity index is 1840. The van der Waals surface area contributed by atoms with Gasteiger partial charge < -0.3 is 9.73 Å². The second kappa shape index (κ2) is 11.5. The number of nitrogens with one attached hydrogen (secondary N) is 1. The normalized spacial score (nSPS) is 16.4. The Morgan fingerprint density at radius 2 is 1.79 bits per heavy atom. The number of hydrogen-bond acceptors (Lipinski definition) is 7. The predicted octanol–water partition coefficient (Wildman–Crippen LogP) is 4.27. The van der Waals surface area contributed by atoms with E-state index in [2.05, 4.69) is 10.3 Å². The number of hydrogen-bond donors (Lipinski definition) is 1. The van der Waals surface area contributed by atoms with Crippen molar-refractivity contribution in [2.75, 3.05) is 37.7 Å². The number of nitrogens with zero attached hydrogens (tertiary/aromatic N) is 3. The molecule has 0 spiro atoms. The van der Waals surface area contributed by atoms with Crippen LogP contribution >= 0.6 is 0 Å². The summed E-state index contributed by atoms with van der Waals surface area (Å²) in [7, 11) is -4.32. The van der Waals surface area contributed by atoms with E-state index in [-0.39, 0.29) is 24.1 Å². The van der Waals surface area contributed by atoms with Crippen LogP contribution < -0.4 is 9.62 Å². The summed E-state index contributed by atoms with van der Waals surface area (Å²) in [5.74, 6) is -0.436. The van der Waals surface area contributed by atoms with E-state index in [1.165, 1.54) is 15.7 Å². The van der Waals surface area contributed by atoms with E-state index in [1.54, 1.807) is 43.7 Å². The quantitative estimate of drug-likeness (QED) is 0.315. The number of fused-ring (bicyclic) bond motifs is 1. The van der Waals surface area contributed by atoms with Gasteiger partial charge in [-0.15, -0.1) is 0 Å². The third kappa shape index (κ3) is 5.92. The first-order valence-corrected chi connectivity index (χ1v) is 17.0. The van der Waals surface area contributed by atoms with Gasteiger partial charge in [0.25, 0.3) is 5.91 Å². The molecule has 0 unspecified atom stereocenters. The minimum absolute atomic E-state index is 0.153. The lowest BCUT2D eigenvalue weighted by Gasteiger charge is -2.34. The summed E-state index contributed by atoms with van der Waals surface area (Å²) in [6.07, 6.45) is 5.49. The van der Waals surface area contributed by atoms with Crippen molar-refractivity contribution in [2.24, 2.45) is 0 Å². The maximum Gasteiger partial charge on any atom is 0.255 e. The first-order chi connectivity index (χ1) is 19.9. The fraction of sp³-hybridized carbons (Fsp3) is 0.333. The van der Waals surface area contributed by atoms with Gasteiger partial charge in [0.1, 0.15) is 11.3 Å². The second-order valence-corrected chi connectivity index (χ2v) is 14.7. The van der Waals surface area contributed by atoms with Gasteiger partial charge in [0.2, 0.25) is 20.0 Å². The SMILES string of the molecule is CNC(=O)c1c(-c2ccc(C)cc2)oc2cc(N(C)S(C)(=O)=O)c([C@@H]3CCCN(S(=O)(=O)Cc4ccncc4)C3)cc12. The largest absolute Gasteiger partial charge is 0.455 e. The number of aryl methyl sites for hydroxylation is 1. The molecule has 1 aliphatic heterocycles. The Morgan fingerprint density at radius 3 is 2.43 bits per heavy atom. The molecule has 4 aromatic rings. The van der Waals surface area contributed by atoms with Crippen LogP contribution in [0, 0.1) is 6.92 Å². The summed E-state index contributed by atoms with van der Waals surface area (Å²) in [6.45, 7) is 2.52. The molecule has 1 atom stereocenters. The fourth-order valence-electron chi connectivity index (χ4n) is 5.42. The van der Waals surface area contributed by atoms with Crippen LogP contribution in [0.25, 0.3) is 22.3 Å². The van der Waals surface area contributed by atoms with Crippen molar-refractivity contribution in [3.63, 3.8) is 0 Å². The molecule has 0 saturated carbocycles. The summed E-state index contributed by atoms with van der Waals surface area (Å²) in [6, 6.07) is 14.4. The molecule has 1 saturated heterocycles. The number of pyridine rings is 1. The number of benzene rings is 2. The number of sulfonamides is 2. The van der Waals surface area contributed by atoms with Gasteiger partial charge in [0.05, 0.1) is 23.3 Å². The van der Waals surface area contributed by atoms with Crippen molar-refractivity contribution in [2.45, 2.75) is 31.4 Å². The minimum atomic E-state index is -3.67. The zero-order valence-electron chi connectivity index (χ0n) is 24.0. The number of carbonyl (C=O) groups is 1. The van der Waals surface area contributed by atoms with Gasteiger partial charge in [-0.25, -0.2) is 21.1 Å². The summed E-state index contributed by atoms with van der Waals surface area (Å²) < 4.78 is 61.2. The molecule has 1 N–H and O–H groups in total. The molecular weight excluding hydrogens is 576 g/mol. The molecule has 5 rings (SSSR count). The summed E-state index contributed by atoms with van der Waals surface area (Å²) in [5.41, 5.74) is 4.12. The van der Waals surface area contributed by atoms with Crippen LogP contribution in [-0.4, -0.2) is 65.5 Å². The number of aromatic nitrogens is 1. The molecule has 222 valence electrons. The molecule has 2 aromatic heterocycles. The Kier molecular flexibility index (Phi) is 8.15. The molecule has 3 heterocycles. The summed E-state index contributed by atoms with van der Waals surface area (Å²) >= 11 is 0. The number of anilines is 1. The molecule has 1 aliphatic rings. The van der Waals surface area contributed by atoms with Crippen molar-refractivity contribution < 1.29 is 26.0 Å². The number of amides is 1. The van der Waals surface area contributed by atoms with E-state index in [0.717, 1.165) is 11.8 Å². The van der Waals surface area contributed by atoms with Gasteiger partial charge in [-0.2, -0.15) is 0 Å². The molecule has 0 bridgehead atoms. The molecule has 42 heavy (non-hydrogen) atoms. The molecule has 1 fully saturated rings. The maximum absolute atomic E-state index is 13.4. The average Bonchev–Trinajstić information content (AvgIpc) is 3.34. The van der Waals surface area contributed by atoms with Crippen LogP contribution in [0.5, 0.6) is 0 Å². The first kappa shape index (κ1) is 29.7. The highest BCUT2D eigenvalue weighted by atomic mass is 32.2. The summed E-state index contributed by atoms with van der Waals surface area (Å²) in [5, 5.41) is 3.22. The number of carbonyl (C=O) groups excluding carboxylic acids is 1. The lowest BCUT2D eigenvalue weighted by atomic mass is 9.89. The zero-order chi connectivity index (χ0) is 30.2. The van der Waals surface area contributed by atoms with E-state index >= 15 is 0 Å². The number of furan rings is 1. The van der Waals surface area contributed by atoms with Gasteiger partial charge in [0.15, 0.2) is 0 Å². The van der Waals surface area contributed by atoms with Gasteiger partial charge in [-0.05, 0) is 55.0 Å². The van der Waals surface area contributed by atoms with Gasteiger partial charge in [0, 0.05) is 56.6 Å². The van der Waals surface area contributed by atoms with E-state index in [1.807, 2.05) is 31.2 Å². The van der Waals surface area contributed by atoms with Crippen LogP contribution in [0.15, 0.2) is 65.3 Å². The van der Waals surface area contributed by atoms with Crippen LogP contribution in [0.4, 0.5) is 5.69 Å². The highest BCUT2D eigenvalue weighted by Crippen LogP contribution is 2.42. The maximum atomic E-state index is 13.4. The molecular formula is C30H34N4O6S2. The molecule has 12 heteroatoms. The molecule has 2 aromatic carbocycles. The number of piperidine rings is 1. The standard InChI is InChI=1S/C30H34N4O6S2/c1-20-7-9-22(10-8-20)29-28(30(35)31-2)25-16-24(26(17-27(25)40-29)33(3)41(4,36)37)23-6-5-15-34(18-23)42(38,39)19-21-11-13-32-14-12-21/h7-14,16-17,23H,5-6,15,18-19H2,1-4H3,(H,31,35)/t23-/m1/s1. The van der Waals surface area contributed by atoms with E-state index in [0.29, 0.717) is 64.1 Å². The highest BCUT2D eigenvalue weighted by molar-refractivity contribution is 7.92. The van der Waals surface area contributed by atoms with Crippen molar-refractivity contribution in [1.82, 2.24) is 14.6 Å². The Labute approximate surface area is 246 Å². The van der Waals surface area contributed by atoms with Crippen LogP contribution in [0.3, 0.4) is 0 Å². The molecule has 0 radical (unpaired) electrons. The van der Waals surface area contributed by atoms with Gasteiger partial charge in [-0.1, -0.05) is 29.8 Å². The third-order valence-corrected chi connectivity index (χ3v) is 10.8. The van der Waals surface area contributed by atoms with E-state index in [9.17, 15) is 21.6 Å². The fourth-order valence-corrected chi connectivity index (χ4v) is 7.54. The molecule has 1 amide bonds. The zero-order valence-corrected chi connectivity index (χ0v) is 25.6. The first-order valence-electron chi connectivity index (χ1n) is 13.6. The lowest BCUT2D eigenvalue weighted by molar-refractivity contribution is 0.0964. The summed E-state index contributed by atoms with van der Waals surface area (Å²) in [4.78, 5) is 17.2. The van der Waals surface area contributed by atoms with Crippen molar-refractivity contribution in [1.29, 1.82) is 0 Å². The molecule has 0 aliphatic carbocycles. The van der Waals surface area contributed by atoms with Crippen molar-refractivity contribution in [3.8, 4) is 11.3 Å². The second-order valence-electron chi connectivity index (χ2n) is 10.7. The van der Waals surface area contributed by atoms with Crippen molar-refractivity contribution in [3.05, 3.63) is 83.2 Å². The smallest absolute Gasteiger partial charge is 0.255 e. The lowest BCUT2D eigenvalue weighted by Crippen LogP contribution is -2.40. The Morgan fingerprint density at radius 1 is 1.10 bits per heavy atom. The minimum Gasteiger partial charge on any atom is -0.455 e. The van der Waals surface area contributed by atoms with Crippen LogP contribution in [0.2, 0.25) is 0 Å². The van der Waals surface area contributed by atoms with Gasteiger partial charge >= 0.3 is 0 Å². The monoisotopic (exact) mass is 610 g/mol. The van der Waals surface area contributed by atoms with Crippen LogP contribution in [-0.2, 0) is 25.8 Å². The Hall–Kier alpha value is -3.74. The predicted molar refractivity (Wildman–Crippen MR) is 163 cm³/mol.